The Morgan fingerprint density at radius 3 is 1.92 bits per heavy atom. The molecule has 0 radical (unpaired) electrons. The van der Waals surface area contributed by atoms with E-state index in [4.69, 9.17) is 0 Å². The van der Waals surface area contributed by atoms with Gasteiger partial charge in [0, 0.05) is 37.3 Å². The number of hydrogen-bond donors (Lipinski definition) is 0. The summed E-state index contributed by atoms with van der Waals surface area (Å²) in [5, 5.41) is 0. The molecule has 0 bridgehead atoms. The van der Waals surface area contributed by atoms with Crippen molar-refractivity contribution in [2.45, 2.75) is 46.5 Å². The van der Waals surface area contributed by atoms with Crippen LogP contribution in [0.4, 0.5) is 0 Å². The van der Waals surface area contributed by atoms with Crippen molar-refractivity contribution in [2.24, 2.45) is 0 Å². The van der Waals surface area contributed by atoms with Gasteiger partial charge in [-0.25, -0.2) is 0 Å². The van der Waals surface area contributed by atoms with E-state index in [1.807, 2.05) is 6.92 Å². The van der Waals surface area contributed by atoms with E-state index in [-0.39, 0.29) is 37.3 Å². The second-order valence-electron chi connectivity index (χ2n) is 2.56. The zero-order valence-electron chi connectivity index (χ0n) is 8.74. The van der Waals surface area contributed by atoms with Crippen molar-refractivity contribution in [1.82, 2.24) is 0 Å². The summed E-state index contributed by atoms with van der Waals surface area (Å²) in [6.45, 7) is 10.0. The van der Waals surface area contributed by atoms with Gasteiger partial charge in [-0.15, -0.1) is 8.58 Å². The van der Waals surface area contributed by atoms with Gasteiger partial charge in [-0.3, -0.25) is 0 Å². The van der Waals surface area contributed by atoms with E-state index in [0.717, 1.165) is 6.42 Å². The van der Waals surface area contributed by atoms with Crippen LogP contribution in [0.2, 0.25) is 0 Å². The minimum Gasteiger partial charge on any atom is -0.344 e. The van der Waals surface area contributed by atoms with Crippen LogP contribution >= 0.6 is 8.58 Å². The first kappa shape index (κ1) is 19.3. The third kappa shape index (κ3) is 29.9. The predicted molar refractivity (Wildman–Crippen MR) is 58.9 cm³/mol. The molecule has 0 saturated carbocycles. The Morgan fingerprint density at radius 1 is 1.08 bits per heavy atom. The van der Waals surface area contributed by atoms with Crippen LogP contribution in [0.1, 0.15) is 46.5 Å². The van der Waals surface area contributed by atoms with Crippen LogP contribution in [0.25, 0.3) is 0 Å². The molecule has 0 aliphatic heterocycles. The van der Waals surface area contributed by atoms with Gasteiger partial charge < -0.3 is 6.92 Å². The van der Waals surface area contributed by atoms with E-state index in [1.54, 1.807) is 0 Å². The third-order valence-corrected chi connectivity index (χ3v) is 2.41. The van der Waals surface area contributed by atoms with Crippen LogP contribution in [0.15, 0.2) is 0 Å². The summed E-state index contributed by atoms with van der Waals surface area (Å²) >= 11 is 0. The molecule has 0 spiro atoms. The fraction of sp³-hybridized carbons (Fsp3) is 0.900. The molecule has 0 rings (SSSR count). The Hall–Kier alpha value is 1.68. The maximum atomic E-state index is 3.49. The zero-order valence-corrected chi connectivity index (χ0v) is 11.6. The van der Waals surface area contributed by atoms with Crippen molar-refractivity contribution < 1.29 is 37.3 Å². The molecule has 0 aliphatic rings. The average molecular weight is 343 g/mol. The Bertz CT molecular complexity index is 43.1. The fourth-order valence-corrected chi connectivity index (χ4v) is 1.53. The summed E-state index contributed by atoms with van der Waals surface area (Å²) in [4.78, 5) is 0. The molecule has 82 valence electrons. The van der Waals surface area contributed by atoms with Crippen molar-refractivity contribution in [3.05, 3.63) is 6.92 Å². The second kappa shape index (κ2) is 23.0. The van der Waals surface area contributed by atoms with E-state index in [9.17, 15) is 0 Å². The molecular formula is C10H24ErP-. The van der Waals surface area contributed by atoms with Crippen LogP contribution in [-0.4, -0.2) is 12.3 Å². The molecule has 0 aromatic heterocycles. The van der Waals surface area contributed by atoms with Crippen LogP contribution in [0.3, 0.4) is 0 Å². The first-order chi connectivity index (χ1) is 5.33. The molecule has 1 atom stereocenters. The van der Waals surface area contributed by atoms with E-state index in [2.05, 4.69) is 20.8 Å². The molecule has 0 aromatic carbocycles. The van der Waals surface area contributed by atoms with E-state index < -0.39 is 0 Å². The minimum atomic E-state index is 0. The molecule has 2 heteroatoms. The van der Waals surface area contributed by atoms with Crippen molar-refractivity contribution in [3.63, 3.8) is 0 Å². The summed E-state index contributed by atoms with van der Waals surface area (Å²) in [5.74, 6) is 0. The third-order valence-electron chi connectivity index (χ3n) is 1.21. The fourth-order valence-electron chi connectivity index (χ4n) is 0.677. The molecule has 0 fully saturated rings. The standard InChI is InChI=1S/C7H17P.C3H7.Er/c1-3-5-6-7-8-4-2;1-3-2;/h8H,3-7H2,1-2H3;1,3H2,2H3;/q;-1;. The van der Waals surface area contributed by atoms with E-state index in [1.165, 1.54) is 40.2 Å². The SMILES string of the molecule is CCCCCPCC.[CH2-]CC.[Er]. The van der Waals surface area contributed by atoms with Gasteiger partial charge in [-0.1, -0.05) is 33.6 Å². The smallest absolute Gasteiger partial charge is 0 e. The topological polar surface area (TPSA) is 0 Å². The molecule has 0 amide bonds. The summed E-state index contributed by atoms with van der Waals surface area (Å²) in [6, 6.07) is 0. The molecule has 1 unspecified atom stereocenters. The monoisotopic (exact) mass is 341 g/mol. The van der Waals surface area contributed by atoms with Crippen molar-refractivity contribution >= 4 is 8.58 Å². The summed E-state index contributed by atoms with van der Waals surface area (Å²) in [5.41, 5.74) is 0. The number of hydrogen-bond acceptors (Lipinski definition) is 0. The quantitative estimate of drug-likeness (QED) is 0.401. The Morgan fingerprint density at radius 2 is 1.58 bits per heavy atom. The Balaban J connectivity index is -0.000000177. The predicted octanol–water partition coefficient (Wildman–Crippen LogP) is 4.11. The van der Waals surface area contributed by atoms with Gasteiger partial charge in [-0.05, 0) is 18.7 Å². The Kier molecular flexibility index (Phi) is 36.9. The number of rotatable bonds is 5. The molecule has 0 saturated heterocycles. The zero-order chi connectivity index (χ0) is 8.95. The maximum Gasteiger partial charge on any atom is 0 e. The molecule has 0 aromatic rings. The molecule has 0 N–H and O–H groups in total. The molecule has 0 heterocycles. The minimum absolute atomic E-state index is 0. The van der Waals surface area contributed by atoms with Gasteiger partial charge in [0.25, 0.3) is 0 Å². The van der Waals surface area contributed by atoms with Crippen molar-refractivity contribution in [2.75, 3.05) is 12.3 Å². The molecule has 12 heavy (non-hydrogen) atoms. The van der Waals surface area contributed by atoms with Gasteiger partial charge in [0.1, 0.15) is 0 Å². The number of unbranched alkanes of at least 4 members (excludes halogenated alkanes) is 2. The summed E-state index contributed by atoms with van der Waals surface area (Å²) < 4.78 is 0. The van der Waals surface area contributed by atoms with Gasteiger partial charge in [0.2, 0.25) is 0 Å². The van der Waals surface area contributed by atoms with Crippen molar-refractivity contribution in [1.29, 1.82) is 0 Å². The van der Waals surface area contributed by atoms with Gasteiger partial charge >= 0.3 is 0 Å². The molecule has 0 nitrogen and oxygen atoms in total. The summed E-state index contributed by atoms with van der Waals surface area (Å²) in [6.07, 6.45) is 8.14. The molecule has 0 aliphatic carbocycles. The van der Waals surface area contributed by atoms with E-state index in [0.29, 0.717) is 0 Å². The van der Waals surface area contributed by atoms with Gasteiger partial charge in [0.05, 0.1) is 0 Å². The van der Waals surface area contributed by atoms with Crippen molar-refractivity contribution in [3.8, 4) is 0 Å². The average Bonchev–Trinajstić information content (AvgIpc) is 2.00. The van der Waals surface area contributed by atoms with Crippen LogP contribution in [0.5, 0.6) is 0 Å². The maximum absolute atomic E-state index is 3.49. The van der Waals surface area contributed by atoms with E-state index >= 15 is 0 Å². The van der Waals surface area contributed by atoms with Gasteiger partial charge in [-0.2, -0.15) is 6.42 Å². The molecular weight excluding hydrogens is 318 g/mol. The van der Waals surface area contributed by atoms with Crippen LogP contribution in [-0.2, 0) is 0 Å². The first-order valence-corrected chi connectivity index (χ1v) is 6.24. The first-order valence-electron chi connectivity index (χ1n) is 4.83. The van der Waals surface area contributed by atoms with Gasteiger partial charge in [0.15, 0.2) is 0 Å². The largest absolute Gasteiger partial charge is 0.344 e. The summed E-state index contributed by atoms with van der Waals surface area (Å²) in [7, 11) is 1.22. The Labute approximate surface area is 111 Å². The second-order valence-corrected chi connectivity index (χ2v) is 4.27. The van der Waals surface area contributed by atoms with Crippen LogP contribution in [0, 0.1) is 44.2 Å². The normalized spacial score (nSPS) is 9.00. The van der Waals surface area contributed by atoms with Crippen LogP contribution < -0.4 is 0 Å².